The summed E-state index contributed by atoms with van der Waals surface area (Å²) >= 11 is 0. The molecule has 1 aliphatic carbocycles. The van der Waals surface area contributed by atoms with E-state index in [1.807, 2.05) is 0 Å². The molecule has 13 aromatic carbocycles. The predicted octanol–water partition coefficient (Wildman–Crippen LogP) is 20.4. The third-order valence-corrected chi connectivity index (χ3v) is 17.0. The average Bonchev–Trinajstić information content (AvgIpc) is 2.58. The van der Waals surface area contributed by atoms with E-state index >= 15 is 0 Å². The fourth-order valence-corrected chi connectivity index (χ4v) is 13.7. The van der Waals surface area contributed by atoms with Crippen LogP contribution in [0.15, 0.2) is 303 Å². The molecular weight excluding hydrogens is 953 g/mol. The molecule has 0 radical (unpaired) electrons. The maximum absolute atomic E-state index is 2.53. The molecule has 0 saturated heterocycles. The lowest BCUT2D eigenvalue weighted by molar-refractivity contribution is 0.749. The maximum Gasteiger partial charge on any atom is 0.0754 e. The summed E-state index contributed by atoms with van der Waals surface area (Å²) in [6.45, 7) is 0. The quantitative estimate of drug-likeness (QED) is 0.147. The van der Waals surface area contributed by atoms with Crippen molar-refractivity contribution < 1.29 is 0 Å². The lowest BCUT2D eigenvalue weighted by Gasteiger charge is -2.39. The molecule has 0 fully saturated rings. The summed E-state index contributed by atoms with van der Waals surface area (Å²) in [5.74, 6) is 0. The highest BCUT2D eigenvalue weighted by Crippen LogP contribution is 2.62. The summed E-state index contributed by atoms with van der Waals surface area (Å²) in [5.41, 5.74) is 26.1. The molecule has 1 unspecified atom stereocenters. The number of anilines is 3. The van der Waals surface area contributed by atoms with Gasteiger partial charge in [0.2, 0.25) is 0 Å². The Balaban J connectivity index is 0.922. The molecule has 2 nitrogen and oxygen atoms in total. The largest absolute Gasteiger partial charge is 0.309 e. The van der Waals surface area contributed by atoms with E-state index in [1.54, 1.807) is 0 Å². The van der Waals surface area contributed by atoms with Gasteiger partial charge in [-0.15, -0.1) is 0 Å². The molecular formula is C77H50N2. The van der Waals surface area contributed by atoms with Crippen LogP contribution in [-0.4, -0.2) is 4.57 Å². The van der Waals surface area contributed by atoms with Gasteiger partial charge in [-0.3, -0.25) is 0 Å². The Morgan fingerprint density at radius 3 is 1.52 bits per heavy atom. The standard InChI is InChI=1S/C77H50N2/c1-3-22-51(23-4-1)52-42-44-54(45-43-52)58-27-12-17-38-71(58)78(72-39-18-13-32-63(72)59-28-8-7-26-56(59)53-24-5-2-6-25-53)74-49-48-57(60-29-9-10-31-64(60)74)55-46-47-62-61-30-11-15-35-67(61)77(70(62)50-55)68-36-16-20-41-75(68)79-73-40-19-14-33-65(73)66-34-21-37-69(77)76(66)79/h1-50H. The van der Waals surface area contributed by atoms with Crippen molar-refractivity contribution in [3.63, 3.8) is 0 Å². The van der Waals surface area contributed by atoms with Gasteiger partial charge < -0.3 is 9.47 Å². The van der Waals surface area contributed by atoms with Gasteiger partial charge in [-0.1, -0.05) is 267 Å². The summed E-state index contributed by atoms with van der Waals surface area (Å²) in [7, 11) is 0. The number of hydrogen-bond acceptors (Lipinski definition) is 1. The molecule has 16 rings (SSSR count). The van der Waals surface area contributed by atoms with Crippen LogP contribution in [0.5, 0.6) is 0 Å². The van der Waals surface area contributed by atoms with Crippen LogP contribution < -0.4 is 4.90 Å². The number of fused-ring (bicyclic) bond motifs is 13. The Morgan fingerprint density at radius 1 is 0.241 bits per heavy atom. The predicted molar refractivity (Wildman–Crippen MR) is 331 cm³/mol. The first-order chi connectivity index (χ1) is 39.2. The van der Waals surface area contributed by atoms with Gasteiger partial charge in [0.1, 0.15) is 0 Å². The molecule has 2 heteroatoms. The highest BCUT2D eigenvalue weighted by atomic mass is 15.1. The summed E-state index contributed by atoms with van der Waals surface area (Å²) < 4.78 is 2.53. The van der Waals surface area contributed by atoms with Crippen LogP contribution in [0.25, 0.3) is 105 Å². The molecule has 0 amide bonds. The van der Waals surface area contributed by atoms with Crippen LogP contribution in [0.4, 0.5) is 17.1 Å². The fraction of sp³-hybridized carbons (Fsp3) is 0.0130. The SMILES string of the molecule is c1ccc(-c2ccc(-c3ccccc3N(c3ccccc3-c3ccccc3-c3ccccc3)c3ccc(-c4ccc5c(c4)C4(c6ccccc6-5)c5ccccc5-n5c6ccccc6c6cccc4c65)c4ccccc34)cc2)cc1. The first kappa shape index (κ1) is 45.0. The Kier molecular flexibility index (Phi) is 10.2. The normalized spacial score (nSPS) is 13.9. The van der Waals surface area contributed by atoms with Gasteiger partial charge in [-0.25, -0.2) is 0 Å². The molecule has 2 aliphatic rings. The van der Waals surface area contributed by atoms with E-state index in [2.05, 4.69) is 313 Å². The second-order valence-electron chi connectivity index (χ2n) is 21.0. The number of para-hydroxylation sites is 5. The van der Waals surface area contributed by atoms with E-state index in [4.69, 9.17) is 0 Å². The summed E-state index contributed by atoms with van der Waals surface area (Å²) in [4.78, 5) is 2.52. The number of aromatic nitrogens is 1. The van der Waals surface area contributed by atoms with Crippen molar-refractivity contribution in [3.8, 4) is 72.4 Å². The minimum atomic E-state index is -0.558. The third kappa shape index (κ3) is 6.71. The Hall–Kier alpha value is -10.3. The molecule has 2 heterocycles. The number of rotatable bonds is 8. The van der Waals surface area contributed by atoms with Gasteiger partial charge in [0.25, 0.3) is 0 Å². The maximum atomic E-state index is 2.53. The first-order valence-electron chi connectivity index (χ1n) is 27.4. The zero-order chi connectivity index (χ0) is 52.0. The van der Waals surface area contributed by atoms with Gasteiger partial charge in [-0.05, 0) is 120 Å². The molecule has 0 saturated carbocycles. The molecule has 368 valence electrons. The lowest BCUT2D eigenvalue weighted by atomic mass is 9.65. The van der Waals surface area contributed by atoms with Crippen molar-refractivity contribution in [1.29, 1.82) is 0 Å². The highest BCUT2D eigenvalue weighted by molar-refractivity contribution is 6.14. The lowest BCUT2D eigenvalue weighted by Crippen LogP contribution is -2.33. The third-order valence-electron chi connectivity index (χ3n) is 17.0. The Morgan fingerprint density at radius 2 is 0.734 bits per heavy atom. The van der Waals surface area contributed by atoms with Gasteiger partial charge in [0.05, 0.1) is 39.2 Å². The minimum absolute atomic E-state index is 0.558. The number of hydrogen-bond donors (Lipinski definition) is 0. The summed E-state index contributed by atoms with van der Waals surface area (Å²) in [6.07, 6.45) is 0. The van der Waals surface area contributed by atoms with E-state index in [0.717, 1.165) is 39.1 Å². The van der Waals surface area contributed by atoms with Crippen LogP contribution >= 0.6 is 0 Å². The molecule has 1 aromatic heterocycles. The van der Waals surface area contributed by atoms with E-state index in [0.29, 0.717) is 0 Å². The fourth-order valence-electron chi connectivity index (χ4n) is 13.7. The Bertz CT molecular complexity index is 4720. The van der Waals surface area contributed by atoms with E-state index < -0.39 is 5.41 Å². The minimum Gasteiger partial charge on any atom is -0.309 e. The topological polar surface area (TPSA) is 8.17 Å². The smallest absolute Gasteiger partial charge is 0.0754 e. The summed E-state index contributed by atoms with van der Waals surface area (Å²) in [6, 6.07) is 113. The summed E-state index contributed by atoms with van der Waals surface area (Å²) in [5, 5.41) is 4.91. The van der Waals surface area contributed by atoms with Crippen molar-refractivity contribution in [1.82, 2.24) is 4.57 Å². The molecule has 1 aliphatic heterocycles. The Labute approximate surface area is 460 Å². The van der Waals surface area contributed by atoms with E-state index in [9.17, 15) is 0 Å². The molecule has 0 N–H and O–H groups in total. The molecule has 14 aromatic rings. The average molecular weight is 1000 g/mol. The number of benzene rings is 13. The first-order valence-corrected chi connectivity index (χ1v) is 27.4. The molecule has 0 bridgehead atoms. The van der Waals surface area contributed by atoms with Gasteiger partial charge >= 0.3 is 0 Å². The van der Waals surface area contributed by atoms with Crippen molar-refractivity contribution in [3.05, 3.63) is 326 Å². The monoisotopic (exact) mass is 1000 g/mol. The van der Waals surface area contributed by atoms with Crippen molar-refractivity contribution in [2.75, 3.05) is 4.90 Å². The van der Waals surface area contributed by atoms with Crippen molar-refractivity contribution >= 4 is 49.6 Å². The van der Waals surface area contributed by atoms with Crippen LogP contribution in [0.3, 0.4) is 0 Å². The second-order valence-corrected chi connectivity index (χ2v) is 21.0. The zero-order valence-corrected chi connectivity index (χ0v) is 43.3. The molecule has 1 spiro atoms. The van der Waals surface area contributed by atoms with E-state index in [1.165, 1.54) is 105 Å². The second kappa shape index (κ2) is 17.9. The van der Waals surface area contributed by atoms with Crippen molar-refractivity contribution in [2.45, 2.75) is 5.41 Å². The van der Waals surface area contributed by atoms with Gasteiger partial charge in [0, 0.05) is 27.3 Å². The van der Waals surface area contributed by atoms with Crippen LogP contribution in [0, 0.1) is 0 Å². The molecule has 1 atom stereocenters. The van der Waals surface area contributed by atoms with Gasteiger partial charge in [0.15, 0.2) is 0 Å². The van der Waals surface area contributed by atoms with Crippen LogP contribution in [-0.2, 0) is 5.41 Å². The highest BCUT2D eigenvalue weighted by Gasteiger charge is 2.51. The van der Waals surface area contributed by atoms with Crippen LogP contribution in [0.1, 0.15) is 22.3 Å². The van der Waals surface area contributed by atoms with Gasteiger partial charge in [-0.2, -0.15) is 0 Å². The molecule has 79 heavy (non-hydrogen) atoms. The van der Waals surface area contributed by atoms with Crippen molar-refractivity contribution in [2.24, 2.45) is 0 Å². The van der Waals surface area contributed by atoms with Crippen LogP contribution in [0.2, 0.25) is 0 Å². The van der Waals surface area contributed by atoms with E-state index in [-0.39, 0.29) is 0 Å². The number of nitrogens with zero attached hydrogens (tertiary/aromatic N) is 2. The zero-order valence-electron chi connectivity index (χ0n) is 43.3.